The molecule has 3 rings (SSSR count). The van der Waals surface area contributed by atoms with Crippen molar-refractivity contribution in [1.29, 1.82) is 5.41 Å². The van der Waals surface area contributed by atoms with Crippen LogP contribution in [0.25, 0.3) is 11.3 Å². The Morgan fingerprint density at radius 1 is 1.12 bits per heavy atom. The van der Waals surface area contributed by atoms with Crippen molar-refractivity contribution < 1.29 is 28.7 Å². The summed E-state index contributed by atoms with van der Waals surface area (Å²) in [6.45, 7) is 0.888. The van der Waals surface area contributed by atoms with Crippen molar-refractivity contribution in [3.63, 3.8) is 0 Å². The fourth-order valence-corrected chi connectivity index (χ4v) is 4.64. The van der Waals surface area contributed by atoms with Crippen molar-refractivity contribution in [2.45, 2.75) is 51.2 Å². The van der Waals surface area contributed by atoms with Gasteiger partial charge in [0.05, 0.1) is 25.8 Å². The first kappa shape index (κ1) is 32.9. The number of nitrogens with zero attached hydrogens (tertiary/aromatic N) is 3. The maximum Gasteiger partial charge on any atom is 0.328 e. The minimum Gasteiger partial charge on any atom is -0.469 e. The summed E-state index contributed by atoms with van der Waals surface area (Å²) in [7, 11) is 4.14. The average Bonchev–Trinajstić information content (AvgIpc) is 2.96. The van der Waals surface area contributed by atoms with Crippen molar-refractivity contribution in [3.8, 4) is 11.3 Å². The van der Waals surface area contributed by atoms with Crippen molar-refractivity contribution in [1.82, 2.24) is 20.0 Å². The molecule has 1 unspecified atom stereocenters. The Morgan fingerprint density at radius 2 is 1.73 bits per heavy atom. The summed E-state index contributed by atoms with van der Waals surface area (Å²) in [6, 6.07) is 6.70. The van der Waals surface area contributed by atoms with Gasteiger partial charge in [0.15, 0.2) is 0 Å². The van der Waals surface area contributed by atoms with Crippen molar-refractivity contribution in [2.75, 3.05) is 21.3 Å². The monoisotopic (exact) mass is 590 g/mol. The fourth-order valence-electron chi connectivity index (χ4n) is 4.64. The zero-order valence-electron chi connectivity index (χ0n) is 23.3. The molecule has 0 aliphatic heterocycles. The molecule has 1 aliphatic carbocycles. The predicted molar refractivity (Wildman–Crippen MR) is 152 cm³/mol. The standard InChI is InChI=1S/C27H34N6O7.ClH/c1-15(26(37)39-3)30-22(34)14-33-25(36)20(13-21(31-33)16-5-7-17(8-6-16)23(28)29)24(35)32(2)19-11-9-18(10-12-19)27(38)40-4;/h5-8,13,15,18-19H,9-12,14H2,1-4H3,(H3,28,29)(H,30,34);1H/t15?,18-,19-;. The number of amides is 2. The summed E-state index contributed by atoms with van der Waals surface area (Å²) in [5.41, 5.74) is 5.83. The second kappa shape index (κ2) is 14.4. The molecule has 4 N–H and O–H groups in total. The first-order chi connectivity index (χ1) is 19.0. The Labute approximate surface area is 243 Å². The van der Waals surface area contributed by atoms with Gasteiger partial charge in [0.2, 0.25) is 5.91 Å². The van der Waals surface area contributed by atoms with Crippen LogP contribution in [0.2, 0.25) is 0 Å². The topological polar surface area (TPSA) is 187 Å². The number of aromatic nitrogens is 2. The molecule has 1 aromatic heterocycles. The van der Waals surface area contributed by atoms with Crippen LogP contribution < -0.4 is 16.6 Å². The number of carbonyl (C=O) groups is 4. The molecule has 2 amide bonds. The highest BCUT2D eigenvalue weighted by Crippen LogP contribution is 2.28. The molecule has 0 spiro atoms. The van der Waals surface area contributed by atoms with Crippen molar-refractivity contribution >= 4 is 42.0 Å². The molecule has 0 radical (unpaired) electrons. The number of ether oxygens (including phenoxy) is 2. The highest BCUT2D eigenvalue weighted by molar-refractivity contribution is 5.96. The smallest absolute Gasteiger partial charge is 0.328 e. The second-order valence-electron chi connectivity index (χ2n) is 9.65. The molecular formula is C27H35ClN6O7. The Hall–Kier alpha value is -4.26. The van der Waals surface area contributed by atoms with Crippen molar-refractivity contribution in [3.05, 3.63) is 51.8 Å². The Morgan fingerprint density at radius 3 is 2.27 bits per heavy atom. The van der Waals surface area contributed by atoms with Gasteiger partial charge in [-0.2, -0.15) is 5.10 Å². The predicted octanol–water partition coefficient (Wildman–Crippen LogP) is 1.10. The van der Waals surface area contributed by atoms with Crippen LogP contribution in [0.4, 0.5) is 0 Å². The summed E-state index contributed by atoms with van der Waals surface area (Å²) < 4.78 is 10.3. The number of benzene rings is 1. The van der Waals surface area contributed by atoms with Gasteiger partial charge < -0.3 is 25.4 Å². The maximum absolute atomic E-state index is 13.6. The van der Waals surface area contributed by atoms with Gasteiger partial charge in [-0.25, -0.2) is 9.48 Å². The van der Waals surface area contributed by atoms with Gasteiger partial charge in [-0.05, 0) is 38.7 Å². The number of halogens is 1. The molecule has 1 aromatic carbocycles. The van der Waals surface area contributed by atoms with E-state index in [-0.39, 0.29) is 47.4 Å². The van der Waals surface area contributed by atoms with Crippen molar-refractivity contribution in [2.24, 2.45) is 11.7 Å². The number of hydrogen-bond donors (Lipinski definition) is 3. The largest absolute Gasteiger partial charge is 0.469 e. The molecule has 14 heteroatoms. The summed E-state index contributed by atoms with van der Waals surface area (Å²) in [5, 5.41) is 14.3. The first-order valence-electron chi connectivity index (χ1n) is 12.8. The van der Waals surface area contributed by atoms with Gasteiger partial charge >= 0.3 is 11.9 Å². The fraction of sp³-hybridized carbons (Fsp3) is 0.444. The lowest BCUT2D eigenvalue weighted by Crippen LogP contribution is -2.45. The van der Waals surface area contributed by atoms with Gasteiger partial charge in [0, 0.05) is 24.2 Å². The van der Waals surface area contributed by atoms with Crippen LogP contribution in [0.3, 0.4) is 0 Å². The maximum atomic E-state index is 13.6. The van der Waals surface area contributed by atoms with E-state index < -0.39 is 35.9 Å². The molecule has 1 saturated carbocycles. The van der Waals surface area contributed by atoms with Crippen LogP contribution in [0.15, 0.2) is 35.1 Å². The average molecular weight is 591 g/mol. The van der Waals surface area contributed by atoms with Gasteiger partial charge in [-0.1, -0.05) is 24.3 Å². The van der Waals surface area contributed by atoms with E-state index in [9.17, 15) is 24.0 Å². The first-order valence-corrected chi connectivity index (χ1v) is 12.8. The van der Waals surface area contributed by atoms with E-state index in [1.54, 1.807) is 31.3 Å². The van der Waals surface area contributed by atoms with Gasteiger partial charge in [-0.15, -0.1) is 12.4 Å². The van der Waals surface area contributed by atoms with E-state index in [1.807, 2.05) is 0 Å². The zero-order valence-corrected chi connectivity index (χ0v) is 24.2. The summed E-state index contributed by atoms with van der Waals surface area (Å²) in [4.78, 5) is 64.7. The molecule has 2 aromatic rings. The number of esters is 2. The van der Waals surface area contributed by atoms with E-state index in [1.165, 1.54) is 32.1 Å². The number of hydrogen-bond acceptors (Lipinski definition) is 9. The zero-order chi connectivity index (χ0) is 29.6. The van der Waals surface area contributed by atoms with Crippen LogP contribution in [-0.2, 0) is 30.4 Å². The van der Waals surface area contributed by atoms with Gasteiger partial charge in [0.1, 0.15) is 24.0 Å². The van der Waals surface area contributed by atoms with Crippen LogP contribution in [-0.4, -0.2) is 77.6 Å². The highest BCUT2D eigenvalue weighted by Gasteiger charge is 2.32. The molecular weight excluding hydrogens is 556 g/mol. The molecule has 0 bridgehead atoms. The normalized spacial score (nSPS) is 16.9. The lowest BCUT2D eigenvalue weighted by atomic mass is 9.85. The number of nitrogens with two attached hydrogens (primary N) is 1. The van der Waals surface area contributed by atoms with Crippen LogP contribution >= 0.6 is 12.4 Å². The van der Waals surface area contributed by atoms with Gasteiger partial charge in [0.25, 0.3) is 11.5 Å². The molecule has 0 saturated heterocycles. The lowest BCUT2D eigenvalue weighted by Gasteiger charge is -2.33. The number of methoxy groups -OCH3 is 2. The molecule has 1 aliphatic rings. The minimum absolute atomic E-state index is 0. The number of rotatable bonds is 9. The van der Waals surface area contributed by atoms with E-state index in [0.717, 1.165) is 4.68 Å². The number of carbonyl (C=O) groups excluding carboxylic acids is 4. The number of nitrogens with one attached hydrogen (secondary N) is 2. The molecule has 1 atom stereocenters. The molecule has 1 heterocycles. The molecule has 222 valence electrons. The third kappa shape index (κ3) is 7.91. The second-order valence-corrected chi connectivity index (χ2v) is 9.65. The summed E-state index contributed by atoms with van der Waals surface area (Å²) in [5.74, 6) is -2.51. The third-order valence-electron chi connectivity index (χ3n) is 7.02. The van der Waals surface area contributed by atoms with Crippen LogP contribution in [0.1, 0.15) is 48.5 Å². The van der Waals surface area contributed by atoms with E-state index >= 15 is 0 Å². The van der Waals surface area contributed by atoms with Gasteiger partial charge in [-0.3, -0.25) is 24.6 Å². The van der Waals surface area contributed by atoms with Crippen LogP contribution in [0, 0.1) is 11.3 Å². The molecule has 1 fully saturated rings. The van der Waals surface area contributed by atoms with E-state index in [4.69, 9.17) is 15.9 Å². The van der Waals surface area contributed by atoms with Crippen LogP contribution in [0.5, 0.6) is 0 Å². The third-order valence-corrected chi connectivity index (χ3v) is 7.02. The SMILES string of the molecule is COC(=O)C(C)NC(=O)Cn1nc(-c2ccc(C(=N)N)cc2)cc(C(=O)N(C)[C@H]2CC[C@H](C(=O)OC)CC2)c1=O.Cl. The Balaban J connectivity index is 0.00000588. The number of amidine groups is 1. The lowest BCUT2D eigenvalue weighted by molar-refractivity contribution is -0.146. The Kier molecular flexibility index (Phi) is 11.6. The van der Waals surface area contributed by atoms with E-state index in [2.05, 4.69) is 15.2 Å². The minimum atomic E-state index is -0.956. The Bertz CT molecular complexity index is 1350. The molecule has 13 nitrogen and oxygen atoms in total. The quantitative estimate of drug-likeness (QED) is 0.218. The summed E-state index contributed by atoms with van der Waals surface area (Å²) in [6.07, 6.45) is 2.24. The van der Waals surface area contributed by atoms with E-state index in [0.29, 0.717) is 36.8 Å². The highest BCUT2D eigenvalue weighted by atomic mass is 35.5. The summed E-state index contributed by atoms with van der Waals surface area (Å²) >= 11 is 0. The molecule has 41 heavy (non-hydrogen) atoms. The number of nitrogen functional groups attached to an aromatic ring is 1.